The van der Waals surface area contributed by atoms with Crippen LogP contribution in [0.15, 0.2) is 18.2 Å². The van der Waals surface area contributed by atoms with Crippen LogP contribution in [0.2, 0.25) is 0 Å². The lowest BCUT2D eigenvalue weighted by atomic mass is 10.1. The van der Waals surface area contributed by atoms with E-state index < -0.39 is 0 Å². The van der Waals surface area contributed by atoms with E-state index in [0.717, 1.165) is 29.9 Å². The Morgan fingerprint density at radius 1 is 1.33 bits per heavy atom. The average molecular weight is 251 g/mol. The second kappa shape index (κ2) is 6.07. The van der Waals surface area contributed by atoms with E-state index >= 15 is 0 Å². The molecule has 0 saturated carbocycles. The van der Waals surface area contributed by atoms with Crippen LogP contribution >= 0.6 is 0 Å². The summed E-state index contributed by atoms with van der Waals surface area (Å²) in [6.45, 7) is 5.07. The third-order valence-corrected chi connectivity index (χ3v) is 3.18. The van der Waals surface area contributed by atoms with Gasteiger partial charge < -0.3 is 19.9 Å². The van der Waals surface area contributed by atoms with Crippen LogP contribution in [0.3, 0.4) is 0 Å². The van der Waals surface area contributed by atoms with Crippen molar-refractivity contribution in [1.29, 1.82) is 0 Å². The zero-order valence-corrected chi connectivity index (χ0v) is 11.0. The van der Waals surface area contributed by atoms with Crippen molar-refractivity contribution in [3.63, 3.8) is 0 Å². The summed E-state index contributed by atoms with van der Waals surface area (Å²) in [6, 6.07) is 6.13. The van der Waals surface area contributed by atoms with Gasteiger partial charge in [0.2, 0.25) is 6.79 Å². The SMILES string of the molecule is CCCC(O)CNC(C)c1ccc2c(c1)OCO2. The number of nitrogens with one attached hydrogen (secondary N) is 1. The molecule has 2 atom stereocenters. The molecule has 0 saturated heterocycles. The molecule has 4 heteroatoms. The van der Waals surface area contributed by atoms with Gasteiger partial charge in [-0.15, -0.1) is 0 Å². The number of fused-ring (bicyclic) bond motifs is 1. The second-order valence-electron chi connectivity index (χ2n) is 4.69. The largest absolute Gasteiger partial charge is 0.454 e. The van der Waals surface area contributed by atoms with Gasteiger partial charge in [0, 0.05) is 12.6 Å². The fourth-order valence-corrected chi connectivity index (χ4v) is 2.05. The fraction of sp³-hybridized carbons (Fsp3) is 0.571. The Morgan fingerprint density at radius 2 is 2.11 bits per heavy atom. The van der Waals surface area contributed by atoms with E-state index in [-0.39, 0.29) is 12.1 Å². The van der Waals surface area contributed by atoms with E-state index in [2.05, 4.69) is 19.2 Å². The van der Waals surface area contributed by atoms with Crippen molar-refractivity contribution >= 4 is 0 Å². The predicted octanol–water partition coefficient (Wildman–Crippen LogP) is 2.23. The highest BCUT2D eigenvalue weighted by molar-refractivity contribution is 5.45. The lowest BCUT2D eigenvalue weighted by molar-refractivity contribution is 0.157. The van der Waals surface area contributed by atoms with E-state index in [9.17, 15) is 5.11 Å². The van der Waals surface area contributed by atoms with Crippen molar-refractivity contribution in [3.05, 3.63) is 23.8 Å². The lowest BCUT2D eigenvalue weighted by Crippen LogP contribution is -2.28. The molecule has 0 fully saturated rings. The number of aliphatic hydroxyl groups is 1. The van der Waals surface area contributed by atoms with Crippen LogP contribution < -0.4 is 14.8 Å². The first-order valence-corrected chi connectivity index (χ1v) is 6.51. The smallest absolute Gasteiger partial charge is 0.231 e. The molecule has 100 valence electrons. The Hall–Kier alpha value is -1.26. The third-order valence-electron chi connectivity index (χ3n) is 3.18. The van der Waals surface area contributed by atoms with Crippen molar-refractivity contribution in [3.8, 4) is 11.5 Å². The summed E-state index contributed by atoms with van der Waals surface area (Å²) in [5.74, 6) is 1.60. The molecular formula is C14H21NO3. The van der Waals surface area contributed by atoms with Crippen LogP contribution in [0.4, 0.5) is 0 Å². The number of benzene rings is 1. The molecule has 2 rings (SSSR count). The van der Waals surface area contributed by atoms with Gasteiger partial charge in [-0.2, -0.15) is 0 Å². The first-order chi connectivity index (χ1) is 8.70. The molecular weight excluding hydrogens is 230 g/mol. The Labute approximate surface area is 108 Å². The summed E-state index contributed by atoms with van der Waals surface area (Å²) in [6.07, 6.45) is 1.56. The molecule has 1 aromatic carbocycles. The maximum absolute atomic E-state index is 9.69. The summed E-state index contributed by atoms with van der Waals surface area (Å²) in [7, 11) is 0. The number of rotatable bonds is 6. The minimum atomic E-state index is -0.272. The van der Waals surface area contributed by atoms with Crippen molar-refractivity contribution in [2.75, 3.05) is 13.3 Å². The van der Waals surface area contributed by atoms with E-state index in [0.29, 0.717) is 13.3 Å². The van der Waals surface area contributed by atoms with E-state index in [1.807, 2.05) is 18.2 Å². The monoisotopic (exact) mass is 251 g/mol. The fourth-order valence-electron chi connectivity index (χ4n) is 2.05. The van der Waals surface area contributed by atoms with Gasteiger partial charge >= 0.3 is 0 Å². The standard InChI is InChI=1S/C14H21NO3/c1-3-4-12(16)8-15-10(2)11-5-6-13-14(7-11)18-9-17-13/h5-7,10,12,15-16H,3-4,8-9H2,1-2H3. The van der Waals surface area contributed by atoms with Gasteiger partial charge in [-0.05, 0) is 31.0 Å². The van der Waals surface area contributed by atoms with Crippen molar-refractivity contribution in [2.45, 2.75) is 38.8 Å². The lowest BCUT2D eigenvalue weighted by Gasteiger charge is -2.17. The number of hydrogen-bond donors (Lipinski definition) is 2. The molecule has 2 N–H and O–H groups in total. The summed E-state index contributed by atoms with van der Waals surface area (Å²) in [5, 5.41) is 13.0. The highest BCUT2D eigenvalue weighted by Gasteiger charge is 2.15. The molecule has 0 aliphatic carbocycles. The topological polar surface area (TPSA) is 50.7 Å². The summed E-state index contributed by atoms with van der Waals surface area (Å²) < 4.78 is 10.6. The maximum Gasteiger partial charge on any atom is 0.231 e. The molecule has 0 spiro atoms. The molecule has 0 radical (unpaired) electrons. The molecule has 1 aliphatic heterocycles. The van der Waals surface area contributed by atoms with Crippen LogP contribution in [-0.4, -0.2) is 24.5 Å². The minimum absolute atomic E-state index is 0.186. The predicted molar refractivity (Wildman–Crippen MR) is 69.9 cm³/mol. The van der Waals surface area contributed by atoms with Crippen LogP contribution in [0, 0.1) is 0 Å². The molecule has 2 unspecified atom stereocenters. The Kier molecular flexibility index (Phi) is 4.44. The van der Waals surface area contributed by atoms with Crippen molar-refractivity contribution in [1.82, 2.24) is 5.32 Å². The maximum atomic E-state index is 9.69. The zero-order valence-electron chi connectivity index (χ0n) is 11.0. The summed E-state index contributed by atoms with van der Waals surface area (Å²) in [5.41, 5.74) is 1.14. The second-order valence-corrected chi connectivity index (χ2v) is 4.69. The average Bonchev–Trinajstić information content (AvgIpc) is 2.83. The molecule has 0 amide bonds. The third kappa shape index (κ3) is 3.15. The summed E-state index contributed by atoms with van der Waals surface area (Å²) >= 11 is 0. The number of hydrogen-bond acceptors (Lipinski definition) is 4. The van der Waals surface area contributed by atoms with Crippen LogP contribution in [-0.2, 0) is 0 Å². The van der Waals surface area contributed by atoms with E-state index in [1.54, 1.807) is 0 Å². The van der Waals surface area contributed by atoms with E-state index in [4.69, 9.17) is 9.47 Å². The van der Waals surface area contributed by atoms with Crippen LogP contribution in [0.1, 0.15) is 38.3 Å². The van der Waals surface area contributed by atoms with Gasteiger partial charge in [0.25, 0.3) is 0 Å². The van der Waals surface area contributed by atoms with E-state index in [1.165, 1.54) is 0 Å². The Balaban J connectivity index is 1.90. The van der Waals surface area contributed by atoms with Gasteiger partial charge in [-0.3, -0.25) is 0 Å². The van der Waals surface area contributed by atoms with Crippen LogP contribution in [0.5, 0.6) is 11.5 Å². The Bertz CT molecular complexity index is 395. The molecule has 1 heterocycles. The van der Waals surface area contributed by atoms with Gasteiger partial charge in [-0.1, -0.05) is 19.4 Å². The zero-order chi connectivity index (χ0) is 13.0. The van der Waals surface area contributed by atoms with Crippen molar-refractivity contribution in [2.24, 2.45) is 0 Å². The Morgan fingerprint density at radius 3 is 2.89 bits per heavy atom. The summed E-state index contributed by atoms with van der Waals surface area (Å²) in [4.78, 5) is 0. The first kappa shape index (κ1) is 13.2. The first-order valence-electron chi connectivity index (χ1n) is 6.51. The molecule has 0 bridgehead atoms. The normalized spacial score (nSPS) is 16.6. The van der Waals surface area contributed by atoms with Gasteiger partial charge in [0.1, 0.15) is 0 Å². The number of ether oxygens (including phenoxy) is 2. The van der Waals surface area contributed by atoms with Gasteiger partial charge in [-0.25, -0.2) is 0 Å². The van der Waals surface area contributed by atoms with Gasteiger partial charge in [0.05, 0.1) is 6.10 Å². The molecule has 1 aromatic rings. The van der Waals surface area contributed by atoms with Crippen LogP contribution in [0.25, 0.3) is 0 Å². The molecule has 1 aliphatic rings. The molecule has 18 heavy (non-hydrogen) atoms. The van der Waals surface area contributed by atoms with Gasteiger partial charge in [0.15, 0.2) is 11.5 Å². The highest BCUT2D eigenvalue weighted by Crippen LogP contribution is 2.34. The van der Waals surface area contributed by atoms with Crippen molar-refractivity contribution < 1.29 is 14.6 Å². The quantitative estimate of drug-likeness (QED) is 0.814. The minimum Gasteiger partial charge on any atom is -0.454 e. The highest BCUT2D eigenvalue weighted by atomic mass is 16.7. The molecule has 4 nitrogen and oxygen atoms in total. The molecule has 0 aromatic heterocycles. The number of aliphatic hydroxyl groups excluding tert-OH is 1.